The van der Waals surface area contributed by atoms with Crippen LogP contribution in [0.1, 0.15) is 27.2 Å². The summed E-state index contributed by atoms with van der Waals surface area (Å²) in [4.78, 5) is 23.8. The molecule has 2 N–H and O–H groups in total. The van der Waals surface area contributed by atoms with Crippen LogP contribution in [0.2, 0.25) is 0 Å². The number of aromatic carboxylic acids is 1. The van der Waals surface area contributed by atoms with Gasteiger partial charge in [-0.3, -0.25) is 4.79 Å². The van der Waals surface area contributed by atoms with Crippen molar-refractivity contribution in [1.29, 1.82) is 0 Å². The summed E-state index contributed by atoms with van der Waals surface area (Å²) in [7, 11) is 0. The van der Waals surface area contributed by atoms with Crippen LogP contribution in [0, 0.1) is 0 Å². The number of halogens is 3. The smallest absolute Gasteiger partial charge is 0.339 e. The van der Waals surface area contributed by atoms with E-state index >= 15 is 0 Å². The van der Waals surface area contributed by atoms with Gasteiger partial charge in [0.25, 0.3) is 9.70 Å². The Balaban J connectivity index is 2.35. The minimum absolute atomic E-state index is 0.120. The fourth-order valence-electron chi connectivity index (χ4n) is 1.89. The van der Waals surface area contributed by atoms with E-state index in [0.29, 0.717) is 6.42 Å². The third-order valence-corrected chi connectivity index (χ3v) is 4.34. The fraction of sp³-hybridized carbons (Fsp3) is 0.400. The third kappa shape index (κ3) is 2.59. The average molecular weight is 329 g/mol. The van der Waals surface area contributed by atoms with E-state index in [2.05, 4.69) is 5.32 Å². The minimum Gasteiger partial charge on any atom is -0.478 e. The zero-order valence-electron chi connectivity index (χ0n) is 8.93. The molecule has 0 saturated heterocycles. The molecule has 8 heteroatoms. The molecule has 0 radical (unpaired) electrons. The Morgan fingerprint density at radius 2 is 1.94 bits per heavy atom. The number of thiophene rings is 1. The van der Waals surface area contributed by atoms with Crippen molar-refractivity contribution in [1.82, 2.24) is 0 Å². The Morgan fingerprint density at radius 3 is 2.50 bits per heavy atom. The van der Waals surface area contributed by atoms with Crippen LogP contribution in [0.15, 0.2) is 0 Å². The first-order valence-corrected chi connectivity index (χ1v) is 7.01. The number of carbonyl (C=O) groups excluding carboxylic acids is 1. The number of hydrogen-bond donors (Lipinski definition) is 2. The number of fused-ring (bicyclic) bond motifs is 1. The molecular formula is C10H8Cl3NO3S. The lowest BCUT2D eigenvalue weighted by Gasteiger charge is -2.11. The standard InChI is InChI=1S/C10H8Cl3NO3S/c11-10(12,13)9(17)14-7-6(8(15)16)4-2-1-3-5(4)18-7/h1-3H2,(H,14,17)(H,15,16). The van der Waals surface area contributed by atoms with Gasteiger partial charge in [0.05, 0.1) is 5.56 Å². The molecule has 0 unspecified atom stereocenters. The van der Waals surface area contributed by atoms with Gasteiger partial charge < -0.3 is 10.4 Å². The van der Waals surface area contributed by atoms with Gasteiger partial charge in [-0.05, 0) is 24.8 Å². The summed E-state index contributed by atoms with van der Waals surface area (Å²) in [6, 6.07) is 0. The SMILES string of the molecule is O=C(O)c1c(NC(=O)C(Cl)(Cl)Cl)sc2c1CCC2. The lowest BCUT2D eigenvalue weighted by atomic mass is 10.1. The van der Waals surface area contributed by atoms with Gasteiger partial charge in [-0.15, -0.1) is 11.3 Å². The molecule has 1 amide bonds. The van der Waals surface area contributed by atoms with Crippen LogP contribution in [-0.2, 0) is 17.6 Å². The number of amides is 1. The van der Waals surface area contributed by atoms with Crippen LogP contribution >= 0.6 is 46.1 Å². The highest BCUT2D eigenvalue weighted by Gasteiger charge is 2.34. The third-order valence-electron chi connectivity index (χ3n) is 2.62. The number of hydrogen-bond acceptors (Lipinski definition) is 3. The van der Waals surface area contributed by atoms with E-state index in [1.165, 1.54) is 11.3 Å². The van der Waals surface area contributed by atoms with Crippen LogP contribution in [0.4, 0.5) is 5.00 Å². The molecule has 0 spiro atoms. The molecule has 0 aliphatic heterocycles. The maximum absolute atomic E-state index is 11.5. The predicted octanol–water partition coefficient (Wildman–Crippen LogP) is 3.24. The normalized spacial score (nSPS) is 14.4. The molecule has 4 nitrogen and oxygen atoms in total. The number of alkyl halides is 3. The first-order valence-electron chi connectivity index (χ1n) is 5.06. The summed E-state index contributed by atoms with van der Waals surface area (Å²) in [6.45, 7) is 0. The van der Waals surface area contributed by atoms with E-state index in [0.717, 1.165) is 23.3 Å². The van der Waals surface area contributed by atoms with E-state index in [1.807, 2.05) is 0 Å². The highest BCUT2D eigenvalue weighted by atomic mass is 35.6. The molecule has 1 aromatic rings. The van der Waals surface area contributed by atoms with E-state index in [9.17, 15) is 14.7 Å². The number of aryl methyl sites for hydroxylation is 1. The molecule has 0 saturated carbocycles. The summed E-state index contributed by atoms with van der Waals surface area (Å²) in [5, 5.41) is 11.8. The van der Waals surface area contributed by atoms with Gasteiger partial charge in [0.2, 0.25) is 0 Å². The number of rotatable bonds is 2. The molecule has 18 heavy (non-hydrogen) atoms. The monoisotopic (exact) mass is 327 g/mol. The average Bonchev–Trinajstić information content (AvgIpc) is 2.74. The lowest BCUT2D eigenvalue weighted by molar-refractivity contribution is -0.115. The number of anilines is 1. The van der Waals surface area contributed by atoms with Crippen molar-refractivity contribution in [3.05, 3.63) is 16.0 Å². The zero-order valence-corrected chi connectivity index (χ0v) is 12.0. The molecule has 0 fully saturated rings. The fourth-order valence-corrected chi connectivity index (χ4v) is 3.31. The molecule has 0 atom stereocenters. The van der Waals surface area contributed by atoms with Gasteiger partial charge in [-0.2, -0.15) is 0 Å². The summed E-state index contributed by atoms with van der Waals surface area (Å²) >= 11 is 17.5. The number of carboxylic acids is 1. The predicted molar refractivity (Wildman–Crippen MR) is 72.2 cm³/mol. The first kappa shape index (κ1) is 13.9. The van der Waals surface area contributed by atoms with Gasteiger partial charge in [-0.25, -0.2) is 4.79 Å². The van der Waals surface area contributed by atoms with Crippen molar-refractivity contribution in [2.75, 3.05) is 5.32 Å². The second-order valence-electron chi connectivity index (χ2n) is 3.82. The van der Waals surface area contributed by atoms with Crippen LogP contribution in [0.3, 0.4) is 0 Å². The summed E-state index contributed by atoms with van der Waals surface area (Å²) in [6.07, 6.45) is 2.46. The Bertz CT molecular complexity index is 521. The molecule has 98 valence electrons. The Morgan fingerprint density at radius 1 is 1.28 bits per heavy atom. The molecule has 0 bridgehead atoms. The Kier molecular flexibility index (Phi) is 3.78. The van der Waals surface area contributed by atoms with Crippen molar-refractivity contribution in [3.8, 4) is 0 Å². The highest BCUT2D eigenvalue weighted by Crippen LogP contribution is 2.40. The Hall–Kier alpha value is -0.490. The van der Waals surface area contributed by atoms with Crippen molar-refractivity contribution in [3.63, 3.8) is 0 Å². The Labute approximate surface area is 122 Å². The minimum atomic E-state index is -2.11. The molecule has 1 aromatic heterocycles. The second-order valence-corrected chi connectivity index (χ2v) is 7.20. The molecule has 2 rings (SSSR count). The quantitative estimate of drug-likeness (QED) is 0.819. The molecule has 1 aliphatic carbocycles. The molecule has 0 aromatic carbocycles. The van der Waals surface area contributed by atoms with Gasteiger partial charge in [0.15, 0.2) is 0 Å². The van der Waals surface area contributed by atoms with Gasteiger partial charge >= 0.3 is 5.97 Å². The lowest BCUT2D eigenvalue weighted by Crippen LogP contribution is -2.27. The van der Waals surface area contributed by atoms with Crippen molar-refractivity contribution >= 4 is 63.0 Å². The number of carbonyl (C=O) groups is 2. The number of carboxylic acid groups (broad SMARTS) is 1. The second kappa shape index (κ2) is 4.89. The van der Waals surface area contributed by atoms with Crippen molar-refractivity contribution < 1.29 is 14.7 Å². The topological polar surface area (TPSA) is 66.4 Å². The number of nitrogens with one attached hydrogen (secondary N) is 1. The van der Waals surface area contributed by atoms with E-state index in [1.54, 1.807) is 0 Å². The van der Waals surface area contributed by atoms with Gasteiger partial charge in [0, 0.05) is 4.88 Å². The van der Waals surface area contributed by atoms with Gasteiger partial charge in [-0.1, -0.05) is 34.8 Å². The highest BCUT2D eigenvalue weighted by molar-refractivity contribution is 7.17. The summed E-state index contributed by atoms with van der Waals surface area (Å²) < 4.78 is -2.11. The summed E-state index contributed by atoms with van der Waals surface area (Å²) in [5.74, 6) is -1.93. The van der Waals surface area contributed by atoms with E-state index in [-0.39, 0.29) is 10.6 Å². The van der Waals surface area contributed by atoms with E-state index < -0.39 is 15.7 Å². The van der Waals surface area contributed by atoms with Crippen molar-refractivity contribution in [2.45, 2.75) is 23.1 Å². The summed E-state index contributed by atoms with van der Waals surface area (Å²) in [5.41, 5.74) is 0.905. The molecule has 1 heterocycles. The zero-order chi connectivity index (χ0) is 13.5. The molecule has 1 aliphatic rings. The van der Waals surface area contributed by atoms with Gasteiger partial charge in [0.1, 0.15) is 5.00 Å². The maximum atomic E-state index is 11.5. The van der Waals surface area contributed by atoms with Crippen molar-refractivity contribution in [2.24, 2.45) is 0 Å². The largest absolute Gasteiger partial charge is 0.478 e. The van der Waals surface area contributed by atoms with Crippen LogP contribution in [-0.4, -0.2) is 20.8 Å². The van der Waals surface area contributed by atoms with Crippen LogP contribution in [0.25, 0.3) is 0 Å². The maximum Gasteiger partial charge on any atom is 0.339 e. The van der Waals surface area contributed by atoms with Crippen LogP contribution < -0.4 is 5.32 Å². The van der Waals surface area contributed by atoms with E-state index in [4.69, 9.17) is 34.8 Å². The van der Waals surface area contributed by atoms with Crippen LogP contribution in [0.5, 0.6) is 0 Å². The first-order chi connectivity index (χ1) is 8.30. The molecular weight excluding hydrogens is 321 g/mol.